The zero-order valence-electron chi connectivity index (χ0n) is 14.6. The number of rotatable bonds is 2. The highest BCUT2D eigenvalue weighted by molar-refractivity contribution is 14.1. The predicted molar refractivity (Wildman–Crippen MR) is 120 cm³/mol. The van der Waals surface area contributed by atoms with Gasteiger partial charge in [0.15, 0.2) is 0 Å². The van der Waals surface area contributed by atoms with Gasteiger partial charge in [-0.25, -0.2) is 0 Å². The normalized spacial score (nSPS) is 9.50. The van der Waals surface area contributed by atoms with Gasteiger partial charge in [-0.05, 0) is 78.7 Å². The molecule has 0 aromatic heterocycles. The van der Waals surface area contributed by atoms with Gasteiger partial charge < -0.3 is 0 Å². The number of benzene rings is 2. The molecule has 2 rings (SSSR count). The molecular formula is C18H22Cl3IN2O2. The summed E-state index contributed by atoms with van der Waals surface area (Å²) < 4.78 is 0.889. The highest BCUT2D eigenvalue weighted by Crippen LogP contribution is 2.13. The number of nitrogens with two attached hydrogens (primary N) is 1. The maximum absolute atomic E-state index is 10.6. The Morgan fingerprint density at radius 1 is 0.923 bits per heavy atom. The van der Waals surface area contributed by atoms with Crippen LogP contribution < -0.4 is 11.3 Å². The molecule has 8 heteroatoms. The molecule has 2 aromatic carbocycles. The monoisotopic (exact) mass is 530 g/mol. The van der Waals surface area contributed by atoms with E-state index in [2.05, 4.69) is 28.0 Å². The average Bonchev–Trinajstić information content (AvgIpc) is 2.56. The van der Waals surface area contributed by atoms with Gasteiger partial charge in [0.25, 0.3) is 10.5 Å². The summed E-state index contributed by atoms with van der Waals surface area (Å²) in [6.07, 6.45) is 0. The molecular weight excluding hydrogens is 509 g/mol. The van der Waals surface area contributed by atoms with Crippen molar-refractivity contribution in [3.8, 4) is 0 Å². The van der Waals surface area contributed by atoms with E-state index in [4.69, 9.17) is 29.0 Å². The van der Waals surface area contributed by atoms with Crippen LogP contribution in [0.15, 0.2) is 54.6 Å². The molecule has 0 fully saturated rings. The molecule has 0 amide bonds. The third kappa shape index (κ3) is 13.5. The molecule has 0 spiro atoms. The van der Waals surface area contributed by atoms with Crippen LogP contribution in [0.3, 0.4) is 0 Å². The van der Waals surface area contributed by atoms with Crippen LogP contribution in [-0.4, -0.2) is 16.0 Å². The van der Waals surface area contributed by atoms with Crippen LogP contribution in [-0.2, 0) is 0 Å². The third-order valence-corrected chi connectivity index (χ3v) is 3.88. The van der Waals surface area contributed by atoms with Crippen molar-refractivity contribution < 1.29 is 9.59 Å². The minimum Gasteiger partial charge on any atom is -0.276 e. The van der Waals surface area contributed by atoms with Gasteiger partial charge in [0.05, 0.1) is 0 Å². The second-order valence-corrected chi connectivity index (χ2v) is 7.64. The topological polar surface area (TPSA) is 72.2 Å². The molecule has 0 atom stereocenters. The fourth-order valence-corrected chi connectivity index (χ4v) is 2.27. The Kier molecular flexibility index (Phi) is 15.2. The molecule has 0 heterocycles. The third-order valence-electron chi connectivity index (χ3n) is 2.52. The summed E-state index contributed by atoms with van der Waals surface area (Å²) in [5.74, 6) is 5.06. The van der Waals surface area contributed by atoms with Crippen molar-refractivity contribution in [3.05, 3.63) is 69.3 Å². The summed E-state index contributed by atoms with van der Waals surface area (Å²) in [7, 11) is 0. The van der Waals surface area contributed by atoms with Crippen molar-refractivity contribution in [3.63, 3.8) is 0 Å². The predicted octanol–water partition coefficient (Wildman–Crippen LogP) is 5.41. The fourth-order valence-electron chi connectivity index (χ4n) is 1.19. The van der Waals surface area contributed by atoms with Crippen LogP contribution in [0.5, 0.6) is 0 Å². The largest absolute Gasteiger partial charge is 0.276 e. The fraction of sp³-hybridized carbons (Fsp3) is 0.222. The van der Waals surface area contributed by atoms with Crippen LogP contribution in [0, 0.1) is 3.57 Å². The number of halogens is 4. The molecule has 0 radical (unpaired) electrons. The second-order valence-electron chi connectivity index (χ2n) is 5.79. The van der Waals surface area contributed by atoms with E-state index < -0.39 is 10.5 Å². The molecule has 0 aliphatic heterocycles. The maximum atomic E-state index is 10.6. The van der Waals surface area contributed by atoms with Gasteiger partial charge >= 0.3 is 0 Å². The highest BCUT2D eigenvalue weighted by Gasteiger charge is 2.03. The quantitative estimate of drug-likeness (QED) is 0.235. The van der Waals surface area contributed by atoms with Gasteiger partial charge in [0, 0.05) is 20.2 Å². The first-order valence-electron chi connectivity index (χ1n) is 7.25. The smallest absolute Gasteiger partial charge is 0.253 e. The van der Waals surface area contributed by atoms with Gasteiger partial charge in [-0.1, -0.05) is 42.5 Å². The van der Waals surface area contributed by atoms with Crippen molar-refractivity contribution in [1.82, 2.24) is 5.43 Å². The van der Waals surface area contributed by atoms with E-state index in [-0.39, 0.29) is 17.9 Å². The standard InChI is InChI=1S/C7H4ClIO.C7H5ClO.C4H12N2.ClH/c8-7(10)5-3-1-2-4-6(5)9;8-7(9)6-4-2-1-3-5-6;1-4(2,3)6-5;/h1-4H;1-5H;6H,5H2,1-3H3;1H. The van der Waals surface area contributed by atoms with E-state index in [9.17, 15) is 9.59 Å². The van der Waals surface area contributed by atoms with Gasteiger partial charge in [-0.2, -0.15) is 0 Å². The Morgan fingerprint density at radius 2 is 1.35 bits per heavy atom. The second kappa shape index (κ2) is 14.4. The Labute approximate surface area is 184 Å². The molecule has 0 saturated heterocycles. The summed E-state index contributed by atoms with van der Waals surface area (Å²) in [5, 5.41) is -0.805. The molecule has 144 valence electrons. The molecule has 3 N–H and O–H groups in total. The van der Waals surface area contributed by atoms with Crippen LogP contribution in [0.2, 0.25) is 0 Å². The minimum absolute atomic E-state index is 0. The Balaban J connectivity index is 0. The van der Waals surface area contributed by atoms with Crippen molar-refractivity contribution >= 4 is 68.7 Å². The summed E-state index contributed by atoms with van der Waals surface area (Å²) in [6, 6.07) is 15.9. The van der Waals surface area contributed by atoms with E-state index in [1.54, 1.807) is 36.4 Å². The molecule has 0 aliphatic rings. The number of carbonyl (C=O) groups is 2. The van der Waals surface area contributed by atoms with Crippen LogP contribution >= 0.6 is 58.2 Å². The average molecular weight is 532 g/mol. The molecule has 0 aliphatic carbocycles. The first-order chi connectivity index (χ1) is 11.6. The van der Waals surface area contributed by atoms with Gasteiger partial charge in [0.1, 0.15) is 0 Å². The minimum atomic E-state index is -0.407. The molecule has 2 aromatic rings. The van der Waals surface area contributed by atoms with E-state index in [0.717, 1.165) is 3.57 Å². The van der Waals surface area contributed by atoms with Crippen molar-refractivity contribution in [1.29, 1.82) is 0 Å². The van der Waals surface area contributed by atoms with Crippen LogP contribution in [0.25, 0.3) is 0 Å². The van der Waals surface area contributed by atoms with Gasteiger partial charge in [-0.15, -0.1) is 12.4 Å². The number of nitrogens with one attached hydrogen (secondary N) is 1. The molecule has 4 nitrogen and oxygen atoms in total. The number of hydrogen-bond donors (Lipinski definition) is 2. The van der Waals surface area contributed by atoms with Gasteiger partial charge in [-0.3, -0.25) is 20.9 Å². The maximum Gasteiger partial charge on any atom is 0.253 e. The zero-order chi connectivity index (χ0) is 19.5. The van der Waals surface area contributed by atoms with Crippen LogP contribution in [0.1, 0.15) is 41.5 Å². The Hall–Kier alpha value is -0.700. The molecule has 26 heavy (non-hydrogen) atoms. The first kappa shape index (κ1) is 27.5. The SMILES string of the molecule is CC(C)(C)NN.Cl.O=C(Cl)c1ccccc1.O=C(Cl)c1ccccc1I. The summed E-state index contributed by atoms with van der Waals surface area (Å²) in [6.45, 7) is 6.02. The lowest BCUT2D eigenvalue weighted by atomic mass is 10.1. The highest BCUT2D eigenvalue weighted by atomic mass is 127. The van der Waals surface area contributed by atoms with E-state index in [1.165, 1.54) is 0 Å². The van der Waals surface area contributed by atoms with E-state index in [0.29, 0.717) is 11.1 Å². The lowest BCUT2D eigenvalue weighted by Crippen LogP contribution is -2.41. The van der Waals surface area contributed by atoms with Crippen LogP contribution in [0.4, 0.5) is 0 Å². The van der Waals surface area contributed by atoms with Crippen molar-refractivity contribution in [2.45, 2.75) is 26.3 Å². The lowest BCUT2D eigenvalue weighted by Gasteiger charge is -2.14. The number of hydrogen-bond acceptors (Lipinski definition) is 4. The van der Waals surface area contributed by atoms with Gasteiger partial charge in [0.2, 0.25) is 0 Å². The lowest BCUT2D eigenvalue weighted by molar-refractivity contribution is 0.107. The van der Waals surface area contributed by atoms with E-state index in [1.807, 2.05) is 39.0 Å². The summed E-state index contributed by atoms with van der Waals surface area (Å²) >= 11 is 12.5. The van der Waals surface area contributed by atoms with Crippen molar-refractivity contribution in [2.24, 2.45) is 5.84 Å². The number of carbonyl (C=O) groups excluding carboxylic acids is 2. The summed E-state index contributed by atoms with van der Waals surface area (Å²) in [5.41, 5.74) is 3.79. The zero-order valence-corrected chi connectivity index (χ0v) is 19.1. The first-order valence-corrected chi connectivity index (χ1v) is 9.09. The van der Waals surface area contributed by atoms with Crippen molar-refractivity contribution in [2.75, 3.05) is 0 Å². The Morgan fingerprint density at radius 3 is 1.62 bits per heavy atom. The number of hydrazine groups is 1. The Bertz CT molecular complexity index is 678. The molecule has 0 unspecified atom stereocenters. The molecule has 0 bridgehead atoms. The molecule has 0 saturated carbocycles. The van der Waals surface area contributed by atoms with E-state index >= 15 is 0 Å². The summed E-state index contributed by atoms with van der Waals surface area (Å²) in [4.78, 5) is 21.0.